The number of hydrogen-bond acceptors (Lipinski definition) is 5. The number of nitrogens with one attached hydrogen (secondary N) is 2. The summed E-state index contributed by atoms with van der Waals surface area (Å²) in [4.78, 5) is 12.1. The SMILES string of the molecule is N#C/C(=C/NCc1ccc(S(N)(=O)=O)cc1)C(=O)Nc1ccc(Cl)cc1. The molecule has 0 saturated carbocycles. The van der Waals surface area contributed by atoms with Crippen molar-refractivity contribution in [2.24, 2.45) is 5.14 Å². The highest BCUT2D eigenvalue weighted by molar-refractivity contribution is 7.89. The van der Waals surface area contributed by atoms with Gasteiger partial charge in [-0.1, -0.05) is 23.7 Å². The number of amides is 1. The lowest BCUT2D eigenvalue weighted by Gasteiger charge is -2.06. The molecule has 1 amide bonds. The van der Waals surface area contributed by atoms with Gasteiger partial charge < -0.3 is 10.6 Å². The first kappa shape index (κ1) is 19.5. The maximum absolute atomic E-state index is 12.1. The topological polar surface area (TPSA) is 125 Å². The minimum Gasteiger partial charge on any atom is -0.386 e. The van der Waals surface area contributed by atoms with E-state index in [1.807, 2.05) is 6.07 Å². The third-order valence-corrected chi connectivity index (χ3v) is 4.45. The number of anilines is 1. The Kier molecular flexibility index (Phi) is 6.36. The summed E-state index contributed by atoms with van der Waals surface area (Å²) >= 11 is 5.77. The Morgan fingerprint density at radius 2 is 1.77 bits per heavy atom. The number of carbonyl (C=O) groups excluding carboxylic acids is 1. The van der Waals surface area contributed by atoms with Crippen molar-refractivity contribution in [3.05, 3.63) is 70.9 Å². The van der Waals surface area contributed by atoms with E-state index >= 15 is 0 Å². The summed E-state index contributed by atoms with van der Waals surface area (Å²) in [6.07, 6.45) is 1.29. The molecular weight excluding hydrogens is 376 g/mol. The molecule has 2 aromatic carbocycles. The first-order chi connectivity index (χ1) is 12.3. The van der Waals surface area contributed by atoms with Crippen molar-refractivity contribution in [2.75, 3.05) is 5.32 Å². The second kappa shape index (κ2) is 8.49. The summed E-state index contributed by atoms with van der Waals surface area (Å²) in [6, 6.07) is 14.2. The summed E-state index contributed by atoms with van der Waals surface area (Å²) in [5.74, 6) is -0.563. The monoisotopic (exact) mass is 390 g/mol. The van der Waals surface area contributed by atoms with Crippen molar-refractivity contribution in [3.63, 3.8) is 0 Å². The van der Waals surface area contributed by atoms with Gasteiger partial charge in [0.2, 0.25) is 10.0 Å². The van der Waals surface area contributed by atoms with Crippen LogP contribution < -0.4 is 15.8 Å². The third kappa shape index (κ3) is 5.60. The number of sulfonamides is 1. The number of carbonyl (C=O) groups is 1. The molecule has 0 unspecified atom stereocenters. The van der Waals surface area contributed by atoms with E-state index in [2.05, 4.69) is 10.6 Å². The van der Waals surface area contributed by atoms with Crippen LogP contribution in [0.4, 0.5) is 5.69 Å². The van der Waals surface area contributed by atoms with Crippen molar-refractivity contribution < 1.29 is 13.2 Å². The second-order valence-corrected chi connectivity index (χ2v) is 7.20. The summed E-state index contributed by atoms with van der Waals surface area (Å²) in [6.45, 7) is 0.296. The quantitative estimate of drug-likeness (QED) is 0.514. The summed E-state index contributed by atoms with van der Waals surface area (Å²) < 4.78 is 22.4. The second-order valence-electron chi connectivity index (χ2n) is 5.20. The predicted octanol–water partition coefficient (Wildman–Crippen LogP) is 2.12. The summed E-state index contributed by atoms with van der Waals surface area (Å²) in [5.41, 5.74) is 1.16. The van der Waals surface area contributed by atoms with Gasteiger partial charge in [0.05, 0.1) is 4.90 Å². The zero-order valence-electron chi connectivity index (χ0n) is 13.4. The molecule has 0 heterocycles. The number of nitriles is 1. The Bertz CT molecular complexity index is 963. The molecule has 7 nitrogen and oxygen atoms in total. The van der Waals surface area contributed by atoms with E-state index in [9.17, 15) is 13.2 Å². The van der Waals surface area contributed by atoms with Crippen LogP contribution in [0.2, 0.25) is 5.02 Å². The Balaban J connectivity index is 1.97. The van der Waals surface area contributed by atoms with E-state index in [1.54, 1.807) is 36.4 Å². The molecule has 134 valence electrons. The molecule has 4 N–H and O–H groups in total. The Hall–Kier alpha value is -2.86. The minimum absolute atomic E-state index is 0.0110. The molecule has 0 bridgehead atoms. The van der Waals surface area contributed by atoms with Crippen LogP contribution in [-0.2, 0) is 21.4 Å². The fourth-order valence-electron chi connectivity index (χ4n) is 1.95. The molecule has 0 aromatic heterocycles. The third-order valence-electron chi connectivity index (χ3n) is 3.27. The van der Waals surface area contributed by atoms with E-state index in [4.69, 9.17) is 22.0 Å². The van der Waals surface area contributed by atoms with Crippen LogP contribution >= 0.6 is 11.6 Å². The highest BCUT2D eigenvalue weighted by Gasteiger charge is 2.09. The molecule has 0 radical (unpaired) electrons. The molecule has 26 heavy (non-hydrogen) atoms. The lowest BCUT2D eigenvalue weighted by molar-refractivity contribution is -0.112. The van der Waals surface area contributed by atoms with Crippen LogP contribution in [0.25, 0.3) is 0 Å². The van der Waals surface area contributed by atoms with E-state index in [1.165, 1.54) is 18.3 Å². The number of primary sulfonamides is 1. The predicted molar refractivity (Wildman–Crippen MR) is 98.4 cm³/mol. The Morgan fingerprint density at radius 1 is 1.15 bits per heavy atom. The van der Waals surface area contributed by atoms with E-state index in [-0.39, 0.29) is 10.5 Å². The Labute approximate surface area is 156 Å². The van der Waals surface area contributed by atoms with Crippen LogP contribution in [0.5, 0.6) is 0 Å². The van der Waals surface area contributed by atoms with Gasteiger partial charge in [0.1, 0.15) is 11.6 Å². The van der Waals surface area contributed by atoms with Crippen LogP contribution in [0.3, 0.4) is 0 Å². The molecule has 9 heteroatoms. The maximum atomic E-state index is 12.1. The molecule has 0 spiro atoms. The lowest BCUT2D eigenvalue weighted by atomic mass is 10.2. The average molecular weight is 391 g/mol. The standard InChI is InChI=1S/C17H15ClN4O3S/c18-14-3-5-15(6-4-14)22-17(23)13(9-19)11-21-10-12-1-7-16(8-2-12)26(20,24)25/h1-8,11,21H,10H2,(H,22,23)(H2,20,24,25)/b13-11-. The zero-order chi connectivity index (χ0) is 19.2. The number of nitrogens with zero attached hydrogens (tertiary/aromatic N) is 1. The van der Waals surface area contributed by atoms with Crippen LogP contribution in [-0.4, -0.2) is 14.3 Å². The first-order valence-corrected chi connectivity index (χ1v) is 9.24. The maximum Gasteiger partial charge on any atom is 0.267 e. The molecular formula is C17H15ClN4O3S. The number of halogens is 1. The van der Waals surface area contributed by atoms with Crippen molar-refractivity contribution >= 4 is 33.2 Å². The van der Waals surface area contributed by atoms with Gasteiger partial charge in [-0.15, -0.1) is 0 Å². The Morgan fingerprint density at radius 3 is 2.31 bits per heavy atom. The number of rotatable bonds is 6. The van der Waals surface area contributed by atoms with E-state index in [0.29, 0.717) is 17.3 Å². The molecule has 0 aliphatic rings. The fraction of sp³-hybridized carbons (Fsp3) is 0.0588. The molecule has 0 aliphatic heterocycles. The number of benzene rings is 2. The van der Waals surface area contributed by atoms with Gasteiger partial charge in [-0.05, 0) is 42.0 Å². The van der Waals surface area contributed by atoms with Crippen LogP contribution in [0, 0.1) is 11.3 Å². The van der Waals surface area contributed by atoms with Gasteiger partial charge in [0.25, 0.3) is 5.91 Å². The van der Waals surface area contributed by atoms with Gasteiger partial charge in [-0.3, -0.25) is 4.79 Å². The van der Waals surface area contributed by atoms with Crippen LogP contribution in [0.1, 0.15) is 5.56 Å². The number of hydrogen-bond donors (Lipinski definition) is 3. The first-order valence-electron chi connectivity index (χ1n) is 7.32. The van der Waals surface area contributed by atoms with Gasteiger partial charge in [0.15, 0.2) is 0 Å². The molecule has 0 atom stereocenters. The minimum atomic E-state index is -3.74. The van der Waals surface area contributed by atoms with E-state index in [0.717, 1.165) is 5.56 Å². The fourth-order valence-corrected chi connectivity index (χ4v) is 2.59. The zero-order valence-corrected chi connectivity index (χ0v) is 15.0. The molecule has 0 fully saturated rings. The van der Waals surface area contributed by atoms with E-state index < -0.39 is 15.9 Å². The van der Waals surface area contributed by atoms with Crippen molar-refractivity contribution in [1.29, 1.82) is 5.26 Å². The van der Waals surface area contributed by atoms with Gasteiger partial charge in [-0.25, -0.2) is 13.6 Å². The highest BCUT2D eigenvalue weighted by atomic mass is 35.5. The average Bonchev–Trinajstić information content (AvgIpc) is 2.60. The summed E-state index contributed by atoms with van der Waals surface area (Å²) in [7, 11) is -3.74. The van der Waals surface area contributed by atoms with Gasteiger partial charge in [-0.2, -0.15) is 5.26 Å². The van der Waals surface area contributed by atoms with Crippen molar-refractivity contribution in [1.82, 2.24) is 5.32 Å². The molecule has 0 aliphatic carbocycles. The summed E-state index contributed by atoms with van der Waals surface area (Å²) in [5, 5.41) is 20.1. The van der Waals surface area contributed by atoms with Gasteiger partial charge in [0, 0.05) is 23.5 Å². The highest BCUT2D eigenvalue weighted by Crippen LogP contribution is 2.14. The molecule has 2 aromatic rings. The smallest absolute Gasteiger partial charge is 0.267 e. The molecule has 2 rings (SSSR count). The normalized spacial score (nSPS) is 11.5. The largest absolute Gasteiger partial charge is 0.386 e. The van der Waals surface area contributed by atoms with Crippen molar-refractivity contribution in [3.8, 4) is 6.07 Å². The van der Waals surface area contributed by atoms with Crippen LogP contribution in [0.15, 0.2) is 65.2 Å². The number of nitrogens with two attached hydrogens (primary N) is 1. The lowest BCUT2D eigenvalue weighted by Crippen LogP contribution is -2.16. The molecule has 0 saturated heterocycles. The van der Waals surface area contributed by atoms with Crippen molar-refractivity contribution in [2.45, 2.75) is 11.4 Å². The van der Waals surface area contributed by atoms with Gasteiger partial charge >= 0.3 is 0 Å².